The van der Waals surface area contributed by atoms with Crippen LogP contribution < -0.4 is 10.6 Å². The lowest BCUT2D eigenvalue weighted by molar-refractivity contribution is -0.124. The van der Waals surface area contributed by atoms with Crippen LogP contribution in [-0.2, 0) is 10.2 Å². The highest BCUT2D eigenvalue weighted by Crippen LogP contribution is 2.50. The zero-order valence-electron chi connectivity index (χ0n) is 10.9. The van der Waals surface area contributed by atoms with Crippen LogP contribution in [-0.4, -0.2) is 12.5 Å². The molecule has 0 bridgehead atoms. The normalized spacial score (nSPS) is 21.4. The lowest BCUT2D eigenvalue weighted by Gasteiger charge is -2.32. The number of anilines is 2. The van der Waals surface area contributed by atoms with Gasteiger partial charge in [-0.2, -0.15) is 0 Å². The number of fused-ring (bicyclic) bond motifs is 2. The van der Waals surface area contributed by atoms with Crippen LogP contribution >= 0.6 is 0 Å². The van der Waals surface area contributed by atoms with Gasteiger partial charge in [-0.3, -0.25) is 4.79 Å². The highest BCUT2D eigenvalue weighted by molar-refractivity contribution is 6.08. The van der Waals surface area contributed by atoms with Crippen LogP contribution in [0.4, 0.5) is 11.4 Å². The first-order valence-corrected chi connectivity index (χ1v) is 6.91. The Morgan fingerprint density at radius 2 is 2.00 bits per heavy atom. The van der Waals surface area contributed by atoms with E-state index in [9.17, 15) is 4.79 Å². The molecule has 1 aliphatic carbocycles. The molecule has 1 heterocycles. The molecule has 2 aliphatic rings. The fourth-order valence-electron chi connectivity index (χ4n) is 3.61. The van der Waals surface area contributed by atoms with E-state index in [2.05, 4.69) is 0 Å². The summed E-state index contributed by atoms with van der Waals surface area (Å²) in [5.41, 5.74) is 8.68. The summed E-state index contributed by atoms with van der Waals surface area (Å²) in [4.78, 5) is 14.7. The number of nitrogens with zero attached hydrogens (tertiary/aromatic N) is 1. The predicted molar refractivity (Wildman–Crippen MR) is 73.6 cm³/mol. The predicted octanol–water partition coefficient (Wildman–Crippen LogP) is 2.84. The Hall–Kier alpha value is -1.51. The molecule has 1 aromatic rings. The molecule has 1 aromatic carbocycles. The zero-order chi connectivity index (χ0) is 12.8. The molecule has 2 N–H and O–H groups in total. The number of nitrogen functional groups attached to an aromatic ring is 1. The van der Waals surface area contributed by atoms with E-state index < -0.39 is 0 Å². The molecule has 0 radical (unpaired) electrons. The SMILES string of the molecule is CCN1C(=O)C2(CCCCC2)c2cc(N)ccc21. The number of nitrogens with two attached hydrogens (primary N) is 1. The van der Waals surface area contributed by atoms with Crippen LogP contribution in [0.1, 0.15) is 44.6 Å². The van der Waals surface area contributed by atoms with Gasteiger partial charge in [0.15, 0.2) is 0 Å². The van der Waals surface area contributed by atoms with Crippen molar-refractivity contribution in [1.82, 2.24) is 0 Å². The number of likely N-dealkylation sites (N-methyl/N-ethyl adjacent to an activating group) is 1. The monoisotopic (exact) mass is 244 g/mol. The Bertz CT molecular complexity index is 489. The number of benzene rings is 1. The maximum Gasteiger partial charge on any atom is 0.237 e. The molecule has 0 saturated heterocycles. The molecule has 1 fully saturated rings. The van der Waals surface area contributed by atoms with Crippen molar-refractivity contribution < 1.29 is 4.79 Å². The minimum atomic E-state index is -0.265. The molecule has 96 valence electrons. The zero-order valence-corrected chi connectivity index (χ0v) is 10.9. The summed E-state index contributed by atoms with van der Waals surface area (Å²) in [6.45, 7) is 2.79. The Kier molecular flexibility index (Phi) is 2.58. The molecule has 3 rings (SSSR count). The third kappa shape index (κ3) is 1.39. The van der Waals surface area contributed by atoms with Crippen LogP contribution in [0.2, 0.25) is 0 Å². The Balaban J connectivity index is 2.16. The highest BCUT2D eigenvalue weighted by atomic mass is 16.2. The maximum atomic E-state index is 12.8. The molecular weight excluding hydrogens is 224 g/mol. The lowest BCUT2D eigenvalue weighted by atomic mass is 9.70. The first-order chi connectivity index (χ1) is 8.69. The minimum absolute atomic E-state index is 0.265. The summed E-state index contributed by atoms with van der Waals surface area (Å²) >= 11 is 0. The van der Waals surface area contributed by atoms with E-state index in [1.54, 1.807) is 0 Å². The number of hydrogen-bond donors (Lipinski definition) is 1. The molecule has 0 aromatic heterocycles. The van der Waals surface area contributed by atoms with Crippen molar-refractivity contribution in [3.63, 3.8) is 0 Å². The van der Waals surface area contributed by atoms with Gasteiger partial charge in [0.25, 0.3) is 0 Å². The Morgan fingerprint density at radius 3 is 2.67 bits per heavy atom. The van der Waals surface area contributed by atoms with Crippen molar-refractivity contribution in [3.05, 3.63) is 23.8 Å². The van der Waals surface area contributed by atoms with E-state index >= 15 is 0 Å². The summed E-state index contributed by atoms with van der Waals surface area (Å²) in [7, 11) is 0. The topological polar surface area (TPSA) is 46.3 Å². The summed E-state index contributed by atoms with van der Waals surface area (Å²) < 4.78 is 0. The van der Waals surface area contributed by atoms with Crippen LogP contribution in [0, 0.1) is 0 Å². The highest BCUT2D eigenvalue weighted by Gasteiger charge is 2.50. The van der Waals surface area contributed by atoms with Crippen LogP contribution in [0.25, 0.3) is 0 Å². The molecule has 1 aliphatic heterocycles. The first kappa shape index (κ1) is 11.6. The van der Waals surface area contributed by atoms with Crippen molar-refractivity contribution >= 4 is 17.3 Å². The second kappa shape index (κ2) is 4.01. The fraction of sp³-hybridized carbons (Fsp3) is 0.533. The average Bonchev–Trinajstić information content (AvgIpc) is 2.61. The number of carbonyl (C=O) groups excluding carboxylic acids is 1. The van der Waals surface area contributed by atoms with E-state index in [1.807, 2.05) is 30.0 Å². The number of hydrogen-bond acceptors (Lipinski definition) is 2. The summed E-state index contributed by atoms with van der Waals surface area (Å²) in [5.74, 6) is 0.297. The molecule has 3 nitrogen and oxygen atoms in total. The Labute approximate surface area is 108 Å². The van der Waals surface area contributed by atoms with E-state index in [-0.39, 0.29) is 5.41 Å². The van der Waals surface area contributed by atoms with Gasteiger partial charge in [0.1, 0.15) is 0 Å². The molecular formula is C15H20N2O. The van der Waals surface area contributed by atoms with Crippen molar-refractivity contribution in [2.75, 3.05) is 17.2 Å². The third-order valence-corrected chi connectivity index (χ3v) is 4.50. The molecule has 3 heteroatoms. The molecule has 0 atom stereocenters. The number of amides is 1. The van der Waals surface area contributed by atoms with Crippen molar-refractivity contribution in [1.29, 1.82) is 0 Å². The van der Waals surface area contributed by atoms with Gasteiger partial charge >= 0.3 is 0 Å². The van der Waals surface area contributed by atoms with E-state index in [4.69, 9.17) is 5.73 Å². The molecule has 1 amide bonds. The van der Waals surface area contributed by atoms with Gasteiger partial charge in [-0.05, 0) is 43.5 Å². The van der Waals surface area contributed by atoms with E-state index in [0.29, 0.717) is 5.91 Å². The van der Waals surface area contributed by atoms with Crippen LogP contribution in [0.15, 0.2) is 18.2 Å². The molecule has 18 heavy (non-hydrogen) atoms. The number of carbonyl (C=O) groups is 1. The third-order valence-electron chi connectivity index (χ3n) is 4.50. The Morgan fingerprint density at radius 1 is 1.28 bits per heavy atom. The quantitative estimate of drug-likeness (QED) is 0.772. The summed E-state index contributed by atoms with van der Waals surface area (Å²) in [5, 5.41) is 0. The second-order valence-corrected chi connectivity index (χ2v) is 5.47. The average molecular weight is 244 g/mol. The second-order valence-electron chi connectivity index (χ2n) is 5.47. The summed E-state index contributed by atoms with van der Waals surface area (Å²) in [6.07, 6.45) is 5.52. The van der Waals surface area contributed by atoms with Gasteiger partial charge in [0, 0.05) is 17.9 Å². The van der Waals surface area contributed by atoms with Crippen LogP contribution in [0.3, 0.4) is 0 Å². The van der Waals surface area contributed by atoms with Gasteiger partial charge in [-0.1, -0.05) is 19.3 Å². The molecule has 1 spiro atoms. The standard InChI is InChI=1S/C15H20N2O/c1-2-17-13-7-6-11(16)10-12(13)15(14(17)18)8-4-3-5-9-15/h6-7,10H,2-5,8-9,16H2,1H3. The first-order valence-electron chi connectivity index (χ1n) is 6.91. The fourth-order valence-corrected chi connectivity index (χ4v) is 3.61. The van der Waals surface area contributed by atoms with Gasteiger partial charge in [0.05, 0.1) is 5.41 Å². The van der Waals surface area contributed by atoms with Crippen LogP contribution in [0.5, 0.6) is 0 Å². The smallest absolute Gasteiger partial charge is 0.237 e. The maximum absolute atomic E-state index is 12.8. The van der Waals surface area contributed by atoms with Crippen molar-refractivity contribution in [2.45, 2.75) is 44.4 Å². The largest absolute Gasteiger partial charge is 0.399 e. The number of rotatable bonds is 1. The van der Waals surface area contributed by atoms with Gasteiger partial charge in [-0.15, -0.1) is 0 Å². The van der Waals surface area contributed by atoms with Gasteiger partial charge < -0.3 is 10.6 Å². The van der Waals surface area contributed by atoms with Crippen molar-refractivity contribution in [2.24, 2.45) is 0 Å². The molecule has 0 unspecified atom stereocenters. The molecule has 1 saturated carbocycles. The van der Waals surface area contributed by atoms with E-state index in [0.717, 1.165) is 43.6 Å². The van der Waals surface area contributed by atoms with Gasteiger partial charge in [-0.25, -0.2) is 0 Å². The summed E-state index contributed by atoms with van der Waals surface area (Å²) in [6, 6.07) is 5.93. The lowest BCUT2D eigenvalue weighted by Crippen LogP contribution is -2.41. The van der Waals surface area contributed by atoms with Crippen molar-refractivity contribution in [3.8, 4) is 0 Å². The minimum Gasteiger partial charge on any atom is -0.399 e. The van der Waals surface area contributed by atoms with E-state index in [1.165, 1.54) is 12.0 Å². The van der Waals surface area contributed by atoms with Gasteiger partial charge in [0.2, 0.25) is 5.91 Å².